The highest BCUT2D eigenvalue weighted by molar-refractivity contribution is 7.91. The summed E-state index contributed by atoms with van der Waals surface area (Å²) in [5.41, 5.74) is 2.72. The Bertz CT molecular complexity index is 723. The Morgan fingerprint density at radius 3 is 2.33 bits per heavy atom. The Morgan fingerprint density at radius 2 is 1.83 bits per heavy atom. The number of benzene rings is 1. The highest BCUT2D eigenvalue weighted by Gasteiger charge is 2.34. The van der Waals surface area contributed by atoms with Gasteiger partial charge in [-0.1, -0.05) is 6.07 Å². The zero-order chi connectivity index (χ0) is 17.9. The minimum Gasteiger partial charge on any atom is -0.338 e. The van der Waals surface area contributed by atoms with E-state index in [9.17, 15) is 18.0 Å². The highest BCUT2D eigenvalue weighted by Crippen LogP contribution is 2.19. The predicted octanol–water partition coefficient (Wildman–Crippen LogP) is 1.67. The van der Waals surface area contributed by atoms with Crippen LogP contribution in [0.25, 0.3) is 0 Å². The molecule has 1 N–H and O–H groups in total. The fraction of sp³-hybridized carbons (Fsp3) is 0.529. The standard InChI is InChI=1S/C17H24N2O4S/c1-4-19(15-5-6-24(22,23)11-15)17(21)10-16(20)18-14-8-12(2)7-13(3)9-14/h7-9,15H,4-6,10-11H2,1-3H3,(H,18,20). The smallest absolute Gasteiger partial charge is 0.233 e. The van der Waals surface area contributed by atoms with Gasteiger partial charge in [-0.2, -0.15) is 0 Å². The first kappa shape index (κ1) is 18.4. The quantitative estimate of drug-likeness (QED) is 0.817. The lowest BCUT2D eigenvalue weighted by molar-refractivity contribution is -0.135. The van der Waals surface area contributed by atoms with E-state index in [1.807, 2.05) is 32.0 Å². The molecule has 0 bridgehead atoms. The van der Waals surface area contributed by atoms with Gasteiger partial charge in [-0.05, 0) is 50.5 Å². The maximum Gasteiger partial charge on any atom is 0.233 e. The summed E-state index contributed by atoms with van der Waals surface area (Å²) in [6, 6.07) is 5.37. The van der Waals surface area contributed by atoms with Crippen molar-refractivity contribution in [1.29, 1.82) is 0 Å². The summed E-state index contributed by atoms with van der Waals surface area (Å²) in [4.78, 5) is 26.0. The van der Waals surface area contributed by atoms with Crippen molar-refractivity contribution >= 4 is 27.3 Å². The van der Waals surface area contributed by atoms with Crippen molar-refractivity contribution in [2.24, 2.45) is 0 Å². The fourth-order valence-electron chi connectivity index (χ4n) is 3.15. The number of carbonyl (C=O) groups is 2. The van der Waals surface area contributed by atoms with Gasteiger partial charge in [0.15, 0.2) is 9.84 Å². The molecule has 1 atom stereocenters. The number of hydrogen-bond donors (Lipinski definition) is 1. The van der Waals surface area contributed by atoms with E-state index in [-0.39, 0.29) is 35.8 Å². The SMILES string of the molecule is CCN(C(=O)CC(=O)Nc1cc(C)cc(C)c1)C1CCS(=O)(=O)C1. The summed E-state index contributed by atoms with van der Waals surface area (Å²) in [6.45, 7) is 6.07. The molecule has 132 valence electrons. The normalized spacial score (nSPS) is 19.0. The lowest BCUT2D eigenvalue weighted by Crippen LogP contribution is -2.42. The number of anilines is 1. The first-order chi connectivity index (χ1) is 11.2. The van der Waals surface area contributed by atoms with Gasteiger partial charge in [0.1, 0.15) is 6.42 Å². The van der Waals surface area contributed by atoms with Crippen molar-refractivity contribution in [3.8, 4) is 0 Å². The van der Waals surface area contributed by atoms with Crippen LogP contribution in [0, 0.1) is 13.8 Å². The molecular formula is C17H24N2O4S. The molecule has 0 radical (unpaired) electrons. The third-order valence-corrected chi connectivity index (χ3v) is 5.88. The highest BCUT2D eigenvalue weighted by atomic mass is 32.2. The van der Waals surface area contributed by atoms with E-state index < -0.39 is 9.84 Å². The molecule has 0 aromatic heterocycles. The van der Waals surface area contributed by atoms with Gasteiger partial charge in [-0.3, -0.25) is 9.59 Å². The average molecular weight is 352 g/mol. The largest absolute Gasteiger partial charge is 0.338 e. The number of hydrogen-bond acceptors (Lipinski definition) is 4. The molecular weight excluding hydrogens is 328 g/mol. The van der Waals surface area contributed by atoms with E-state index in [2.05, 4.69) is 5.32 Å². The molecule has 0 spiro atoms. The summed E-state index contributed by atoms with van der Waals surface area (Å²) in [5, 5.41) is 2.74. The molecule has 0 aliphatic carbocycles. The van der Waals surface area contributed by atoms with Gasteiger partial charge >= 0.3 is 0 Å². The van der Waals surface area contributed by atoms with Gasteiger partial charge in [0.25, 0.3) is 0 Å². The van der Waals surface area contributed by atoms with Crippen LogP contribution < -0.4 is 5.32 Å². The minimum absolute atomic E-state index is 0.00866. The van der Waals surface area contributed by atoms with Gasteiger partial charge in [-0.25, -0.2) is 8.42 Å². The molecule has 2 amide bonds. The monoisotopic (exact) mass is 352 g/mol. The molecule has 0 saturated carbocycles. The zero-order valence-corrected chi connectivity index (χ0v) is 15.1. The van der Waals surface area contributed by atoms with Gasteiger partial charge in [-0.15, -0.1) is 0 Å². The first-order valence-electron chi connectivity index (χ1n) is 8.08. The van der Waals surface area contributed by atoms with Gasteiger partial charge in [0.2, 0.25) is 11.8 Å². The number of carbonyl (C=O) groups excluding carboxylic acids is 2. The lowest BCUT2D eigenvalue weighted by Gasteiger charge is -2.26. The number of nitrogens with zero attached hydrogens (tertiary/aromatic N) is 1. The Hall–Kier alpha value is -1.89. The fourth-order valence-corrected chi connectivity index (χ4v) is 4.88. The summed E-state index contributed by atoms with van der Waals surface area (Å²) in [6.07, 6.45) is 0.165. The minimum atomic E-state index is -3.07. The Balaban J connectivity index is 1.98. The Labute approximate surface area is 143 Å². The van der Waals surface area contributed by atoms with Gasteiger partial charge < -0.3 is 10.2 Å². The number of nitrogens with one attached hydrogen (secondary N) is 1. The van der Waals surface area contributed by atoms with Crippen LogP contribution in [0.4, 0.5) is 5.69 Å². The van der Waals surface area contributed by atoms with Crippen molar-refractivity contribution in [2.75, 3.05) is 23.4 Å². The van der Waals surface area contributed by atoms with Crippen LogP contribution in [0.1, 0.15) is 30.9 Å². The van der Waals surface area contributed by atoms with E-state index in [1.54, 1.807) is 6.92 Å². The summed E-state index contributed by atoms with van der Waals surface area (Å²) in [7, 11) is -3.07. The molecule has 6 nitrogen and oxygen atoms in total. The molecule has 1 saturated heterocycles. The molecule has 7 heteroatoms. The topological polar surface area (TPSA) is 83.6 Å². The number of rotatable bonds is 5. The first-order valence-corrected chi connectivity index (χ1v) is 9.90. The van der Waals surface area contributed by atoms with Crippen LogP contribution in [-0.4, -0.2) is 49.2 Å². The molecule has 1 heterocycles. The molecule has 1 aromatic rings. The third kappa shape index (κ3) is 4.80. The molecule has 1 aliphatic rings. The van der Waals surface area contributed by atoms with Gasteiger partial charge in [0, 0.05) is 18.3 Å². The predicted molar refractivity (Wildman–Crippen MR) is 93.6 cm³/mol. The lowest BCUT2D eigenvalue weighted by atomic mass is 10.1. The zero-order valence-electron chi connectivity index (χ0n) is 14.3. The van der Waals surface area contributed by atoms with Crippen LogP contribution in [-0.2, 0) is 19.4 Å². The Kier molecular flexibility index (Phi) is 5.64. The maximum atomic E-state index is 12.4. The van der Waals surface area contributed by atoms with Crippen LogP contribution >= 0.6 is 0 Å². The number of aryl methyl sites for hydroxylation is 2. The van der Waals surface area contributed by atoms with E-state index in [0.29, 0.717) is 18.7 Å². The number of amides is 2. The number of sulfone groups is 1. The van der Waals surface area contributed by atoms with Crippen molar-refractivity contribution in [1.82, 2.24) is 4.90 Å². The molecule has 2 rings (SSSR count). The second-order valence-corrected chi connectivity index (χ2v) is 8.57. The van der Waals surface area contributed by atoms with Crippen molar-refractivity contribution in [2.45, 2.75) is 39.7 Å². The maximum absolute atomic E-state index is 12.4. The van der Waals surface area contributed by atoms with Gasteiger partial charge in [0.05, 0.1) is 11.5 Å². The van der Waals surface area contributed by atoms with Crippen LogP contribution in [0.2, 0.25) is 0 Å². The van der Waals surface area contributed by atoms with E-state index >= 15 is 0 Å². The summed E-state index contributed by atoms with van der Waals surface area (Å²) < 4.78 is 23.2. The van der Waals surface area contributed by atoms with Crippen LogP contribution in [0.3, 0.4) is 0 Å². The van der Waals surface area contributed by atoms with E-state index in [0.717, 1.165) is 11.1 Å². The third-order valence-electron chi connectivity index (χ3n) is 4.13. The van der Waals surface area contributed by atoms with E-state index in [1.165, 1.54) is 4.90 Å². The Morgan fingerprint density at radius 1 is 1.21 bits per heavy atom. The molecule has 1 aromatic carbocycles. The van der Waals surface area contributed by atoms with Crippen LogP contribution in [0.5, 0.6) is 0 Å². The van der Waals surface area contributed by atoms with Crippen molar-refractivity contribution in [3.63, 3.8) is 0 Å². The second kappa shape index (κ2) is 7.34. The summed E-state index contributed by atoms with van der Waals surface area (Å²) >= 11 is 0. The van der Waals surface area contributed by atoms with Crippen LogP contribution in [0.15, 0.2) is 18.2 Å². The average Bonchev–Trinajstić information content (AvgIpc) is 2.78. The van der Waals surface area contributed by atoms with Crippen molar-refractivity contribution < 1.29 is 18.0 Å². The molecule has 1 fully saturated rings. The molecule has 24 heavy (non-hydrogen) atoms. The molecule has 1 aliphatic heterocycles. The van der Waals surface area contributed by atoms with E-state index in [4.69, 9.17) is 0 Å². The van der Waals surface area contributed by atoms with Crippen molar-refractivity contribution in [3.05, 3.63) is 29.3 Å². The second-order valence-electron chi connectivity index (χ2n) is 6.34. The summed E-state index contributed by atoms with van der Waals surface area (Å²) in [5.74, 6) is -0.618. The molecule has 1 unspecified atom stereocenters.